The number of aryl methyl sites for hydroxylation is 1. The second kappa shape index (κ2) is 9.94. The summed E-state index contributed by atoms with van der Waals surface area (Å²) in [5.41, 5.74) is 1.17. The molecule has 2 heteroatoms. The van der Waals surface area contributed by atoms with Crippen LogP contribution in [0.4, 0.5) is 0 Å². The minimum Gasteiger partial charge on any atom is -0.241 e. The molecule has 0 radical (unpaired) electrons. The number of rotatable bonds is 11. The first-order chi connectivity index (χ1) is 10.4. The molecule has 1 nitrogen and oxygen atoms in total. The molecular weight excluding hydrogens is 274 g/mol. The highest BCUT2D eigenvalue weighted by atomic mass is 32.1. The standard InChI is InChI=1S/C19H29NS/c1-2-3-4-5-6-7-8-9-10-11-16-19-20-17-14-12-13-15-18(17)21-19/h12-15H,2-11,16H2,1H3. The van der Waals surface area contributed by atoms with E-state index >= 15 is 0 Å². The topological polar surface area (TPSA) is 12.9 Å². The quantitative estimate of drug-likeness (QED) is 0.418. The maximum Gasteiger partial charge on any atom is 0.0938 e. The van der Waals surface area contributed by atoms with Crippen LogP contribution in [0.3, 0.4) is 0 Å². The SMILES string of the molecule is CCCCCCCCCCCCc1nc2ccccc2s1. The van der Waals surface area contributed by atoms with E-state index in [1.54, 1.807) is 0 Å². The van der Waals surface area contributed by atoms with E-state index in [0.717, 1.165) is 6.42 Å². The average Bonchev–Trinajstić information content (AvgIpc) is 2.92. The van der Waals surface area contributed by atoms with Crippen molar-refractivity contribution in [3.63, 3.8) is 0 Å². The normalized spacial score (nSPS) is 11.3. The number of aromatic nitrogens is 1. The molecule has 21 heavy (non-hydrogen) atoms. The summed E-state index contributed by atoms with van der Waals surface area (Å²) in [4.78, 5) is 4.71. The summed E-state index contributed by atoms with van der Waals surface area (Å²) in [5.74, 6) is 0. The average molecular weight is 304 g/mol. The van der Waals surface area contributed by atoms with Gasteiger partial charge in [0.15, 0.2) is 0 Å². The molecule has 0 spiro atoms. The van der Waals surface area contributed by atoms with Gasteiger partial charge in [0.2, 0.25) is 0 Å². The predicted molar refractivity (Wildman–Crippen MR) is 95.2 cm³/mol. The lowest BCUT2D eigenvalue weighted by molar-refractivity contribution is 0.556. The first-order valence-corrected chi connectivity index (χ1v) is 9.56. The number of unbranched alkanes of at least 4 members (excludes halogenated alkanes) is 9. The molecule has 0 bridgehead atoms. The summed E-state index contributed by atoms with van der Waals surface area (Å²) in [7, 11) is 0. The van der Waals surface area contributed by atoms with Crippen LogP contribution in [0.5, 0.6) is 0 Å². The summed E-state index contributed by atoms with van der Waals surface area (Å²) in [6.07, 6.45) is 15.2. The van der Waals surface area contributed by atoms with Gasteiger partial charge in [0, 0.05) is 0 Å². The monoisotopic (exact) mass is 303 g/mol. The second-order valence-electron chi connectivity index (χ2n) is 6.01. The van der Waals surface area contributed by atoms with E-state index in [-0.39, 0.29) is 0 Å². The molecular formula is C19H29NS. The molecule has 1 aromatic carbocycles. The van der Waals surface area contributed by atoms with E-state index in [1.165, 1.54) is 79.4 Å². The molecule has 1 aromatic heterocycles. The fourth-order valence-electron chi connectivity index (χ4n) is 2.79. The Morgan fingerprint density at radius 3 is 2.10 bits per heavy atom. The third-order valence-corrected chi connectivity index (χ3v) is 5.18. The number of hydrogen-bond donors (Lipinski definition) is 0. The number of thiazole rings is 1. The van der Waals surface area contributed by atoms with Gasteiger partial charge >= 0.3 is 0 Å². The highest BCUT2D eigenvalue weighted by Gasteiger charge is 2.02. The van der Waals surface area contributed by atoms with E-state index in [0.29, 0.717) is 0 Å². The van der Waals surface area contributed by atoms with Crippen LogP contribution in [0.2, 0.25) is 0 Å². The molecule has 0 saturated carbocycles. The van der Waals surface area contributed by atoms with E-state index in [1.807, 2.05) is 11.3 Å². The summed E-state index contributed by atoms with van der Waals surface area (Å²) in [5, 5.41) is 1.32. The third-order valence-electron chi connectivity index (χ3n) is 4.08. The summed E-state index contributed by atoms with van der Waals surface area (Å²) >= 11 is 1.87. The largest absolute Gasteiger partial charge is 0.241 e. The second-order valence-corrected chi connectivity index (χ2v) is 7.12. The predicted octanol–water partition coefficient (Wildman–Crippen LogP) is 6.76. The lowest BCUT2D eigenvalue weighted by Crippen LogP contribution is -1.85. The van der Waals surface area contributed by atoms with Crippen molar-refractivity contribution >= 4 is 21.6 Å². The molecule has 2 rings (SSSR count). The minimum atomic E-state index is 1.16. The van der Waals surface area contributed by atoms with Crippen LogP contribution in [-0.4, -0.2) is 4.98 Å². The van der Waals surface area contributed by atoms with Gasteiger partial charge in [-0.15, -0.1) is 11.3 Å². The highest BCUT2D eigenvalue weighted by molar-refractivity contribution is 7.18. The van der Waals surface area contributed by atoms with Gasteiger partial charge in [0.1, 0.15) is 0 Å². The molecule has 0 amide bonds. The molecule has 0 aliphatic heterocycles. The lowest BCUT2D eigenvalue weighted by Gasteiger charge is -2.01. The van der Waals surface area contributed by atoms with Crippen LogP contribution < -0.4 is 0 Å². The Morgan fingerprint density at radius 1 is 0.810 bits per heavy atom. The first kappa shape index (κ1) is 16.5. The summed E-state index contributed by atoms with van der Waals surface area (Å²) < 4.78 is 1.33. The Labute approximate surface area is 133 Å². The van der Waals surface area contributed by atoms with Crippen molar-refractivity contribution in [2.45, 2.75) is 77.6 Å². The van der Waals surface area contributed by atoms with Crippen molar-refractivity contribution < 1.29 is 0 Å². The Kier molecular flexibility index (Phi) is 7.80. The molecule has 0 saturated heterocycles. The zero-order valence-corrected chi connectivity index (χ0v) is 14.3. The molecule has 0 aliphatic carbocycles. The van der Waals surface area contributed by atoms with Crippen LogP contribution >= 0.6 is 11.3 Å². The van der Waals surface area contributed by atoms with Crippen LogP contribution in [-0.2, 0) is 6.42 Å². The molecule has 2 aromatic rings. The van der Waals surface area contributed by atoms with Crippen LogP contribution in [0.1, 0.15) is 76.1 Å². The van der Waals surface area contributed by atoms with Gasteiger partial charge in [0.25, 0.3) is 0 Å². The third kappa shape index (κ3) is 6.17. The van der Waals surface area contributed by atoms with Gasteiger partial charge in [-0.2, -0.15) is 0 Å². The summed E-state index contributed by atoms with van der Waals surface area (Å²) in [6.45, 7) is 2.28. The van der Waals surface area contributed by atoms with Crippen molar-refractivity contribution in [1.29, 1.82) is 0 Å². The van der Waals surface area contributed by atoms with Gasteiger partial charge in [-0.25, -0.2) is 4.98 Å². The Bertz CT molecular complexity index is 470. The zero-order valence-electron chi connectivity index (χ0n) is 13.4. The molecule has 0 aliphatic rings. The highest BCUT2D eigenvalue weighted by Crippen LogP contribution is 2.23. The molecule has 0 N–H and O–H groups in total. The summed E-state index contributed by atoms with van der Waals surface area (Å²) in [6, 6.07) is 8.47. The fraction of sp³-hybridized carbons (Fsp3) is 0.632. The molecule has 0 atom stereocenters. The van der Waals surface area contributed by atoms with Crippen molar-refractivity contribution in [2.24, 2.45) is 0 Å². The van der Waals surface area contributed by atoms with Gasteiger partial charge < -0.3 is 0 Å². The van der Waals surface area contributed by atoms with Crippen molar-refractivity contribution in [1.82, 2.24) is 4.98 Å². The van der Waals surface area contributed by atoms with Crippen molar-refractivity contribution in [2.75, 3.05) is 0 Å². The Balaban J connectivity index is 1.50. The number of para-hydroxylation sites is 1. The van der Waals surface area contributed by atoms with E-state index in [4.69, 9.17) is 4.98 Å². The molecule has 1 heterocycles. The van der Waals surface area contributed by atoms with Crippen LogP contribution in [0, 0.1) is 0 Å². The van der Waals surface area contributed by atoms with Gasteiger partial charge in [0.05, 0.1) is 15.2 Å². The van der Waals surface area contributed by atoms with Gasteiger partial charge in [-0.3, -0.25) is 0 Å². The van der Waals surface area contributed by atoms with Crippen LogP contribution in [0.25, 0.3) is 10.2 Å². The van der Waals surface area contributed by atoms with Gasteiger partial charge in [-0.1, -0.05) is 76.8 Å². The number of benzene rings is 1. The molecule has 0 fully saturated rings. The lowest BCUT2D eigenvalue weighted by atomic mass is 10.1. The number of fused-ring (bicyclic) bond motifs is 1. The fourth-order valence-corrected chi connectivity index (χ4v) is 3.80. The number of hydrogen-bond acceptors (Lipinski definition) is 2. The zero-order chi connectivity index (χ0) is 14.8. The Morgan fingerprint density at radius 2 is 1.43 bits per heavy atom. The first-order valence-electron chi connectivity index (χ1n) is 8.74. The Hall–Kier alpha value is -0.890. The maximum atomic E-state index is 4.71. The minimum absolute atomic E-state index is 1.16. The molecule has 0 unspecified atom stereocenters. The van der Waals surface area contributed by atoms with E-state index in [9.17, 15) is 0 Å². The smallest absolute Gasteiger partial charge is 0.0938 e. The van der Waals surface area contributed by atoms with E-state index in [2.05, 4.69) is 31.2 Å². The maximum absolute atomic E-state index is 4.71. The van der Waals surface area contributed by atoms with Gasteiger partial charge in [-0.05, 0) is 25.0 Å². The van der Waals surface area contributed by atoms with E-state index < -0.39 is 0 Å². The van der Waals surface area contributed by atoms with Crippen molar-refractivity contribution in [3.05, 3.63) is 29.3 Å². The number of nitrogens with zero attached hydrogens (tertiary/aromatic N) is 1. The van der Waals surface area contributed by atoms with Crippen LogP contribution in [0.15, 0.2) is 24.3 Å². The van der Waals surface area contributed by atoms with Crippen molar-refractivity contribution in [3.8, 4) is 0 Å². The molecule has 116 valence electrons.